The highest BCUT2D eigenvalue weighted by Gasteiger charge is 1.83. The summed E-state index contributed by atoms with van der Waals surface area (Å²) in [5, 5.41) is 0. The lowest BCUT2D eigenvalue weighted by atomic mass is 10.1. The zero-order valence-corrected chi connectivity index (χ0v) is 5.61. The molecule has 0 bridgehead atoms. The van der Waals surface area contributed by atoms with Gasteiger partial charge in [0.05, 0.1) is 0 Å². The van der Waals surface area contributed by atoms with Crippen molar-refractivity contribution in [2.75, 3.05) is 0 Å². The average molecular weight is 110 g/mol. The smallest absolute Gasteiger partial charge is 0.0285 e. The maximum atomic E-state index is 3.79. The van der Waals surface area contributed by atoms with Gasteiger partial charge < -0.3 is 0 Å². The molecule has 0 fully saturated rings. The monoisotopic (exact) mass is 110 g/mol. The van der Waals surface area contributed by atoms with Gasteiger partial charge in [-0.05, 0) is 12.8 Å². The SMILES string of the molecule is C=CC(=C)CCCC. The molecule has 0 aromatic heterocycles. The van der Waals surface area contributed by atoms with Crippen molar-refractivity contribution >= 4 is 0 Å². The summed E-state index contributed by atoms with van der Waals surface area (Å²) in [6.45, 7) is 9.58. The molecule has 0 amide bonds. The lowest BCUT2D eigenvalue weighted by molar-refractivity contribution is 0.800. The van der Waals surface area contributed by atoms with Gasteiger partial charge in [-0.15, -0.1) is 0 Å². The van der Waals surface area contributed by atoms with Gasteiger partial charge in [-0.1, -0.05) is 38.2 Å². The van der Waals surface area contributed by atoms with Gasteiger partial charge in [0.1, 0.15) is 0 Å². The van der Waals surface area contributed by atoms with Crippen LogP contribution < -0.4 is 0 Å². The number of allylic oxidation sites excluding steroid dienone is 2. The second-order valence-electron chi connectivity index (χ2n) is 1.97. The topological polar surface area (TPSA) is 0 Å². The highest BCUT2D eigenvalue weighted by Crippen LogP contribution is 2.03. The van der Waals surface area contributed by atoms with E-state index in [0.29, 0.717) is 0 Å². The van der Waals surface area contributed by atoms with E-state index in [4.69, 9.17) is 0 Å². The van der Waals surface area contributed by atoms with Gasteiger partial charge in [-0.2, -0.15) is 0 Å². The van der Waals surface area contributed by atoms with Gasteiger partial charge in [0, 0.05) is 0 Å². The van der Waals surface area contributed by atoms with Crippen molar-refractivity contribution in [2.24, 2.45) is 0 Å². The zero-order valence-electron chi connectivity index (χ0n) is 5.61. The van der Waals surface area contributed by atoms with Gasteiger partial charge in [-0.3, -0.25) is 0 Å². The van der Waals surface area contributed by atoms with Crippen LogP contribution in [0.25, 0.3) is 0 Å². The Hall–Kier alpha value is -0.520. The largest absolute Gasteiger partial charge is 0.0988 e. The molecule has 0 aliphatic carbocycles. The van der Waals surface area contributed by atoms with Gasteiger partial charge >= 0.3 is 0 Å². The summed E-state index contributed by atoms with van der Waals surface area (Å²) in [6.07, 6.45) is 5.42. The highest BCUT2D eigenvalue weighted by atomic mass is 13.9. The first-order valence-electron chi connectivity index (χ1n) is 3.11. The van der Waals surface area contributed by atoms with E-state index in [1.54, 1.807) is 0 Å². The molecular formula is C8H14. The fraction of sp³-hybridized carbons (Fsp3) is 0.500. The molecule has 0 heterocycles. The van der Waals surface area contributed by atoms with Crippen molar-refractivity contribution in [3.63, 3.8) is 0 Å². The summed E-state index contributed by atoms with van der Waals surface area (Å²) in [6, 6.07) is 0. The van der Waals surface area contributed by atoms with Gasteiger partial charge in [0.25, 0.3) is 0 Å². The molecule has 0 radical (unpaired) electrons. The lowest BCUT2D eigenvalue weighted by Crippen LogP contribution is -1.73. The van der Waals surface area contributed by atoms with Crippen molar-refractivity contribution < 1.29 is 0 Å². The highest BCUT2D eigenvalue weighted by molar-refractivity contribution is 5.09. The van der Waals surface area contributed by atoms with Crippen molar-refractivity contribution in [3.8, 4) is 0 Å². The Balaban J connectivity index is 3.11. The first-order valence-corrected chi connectivity index (χ1v) is 3.11. The summed E-state index contributed by atoms with van der Waals surface area (Å²) in [5.41, 5.74) is 1.16. The fourth-order valence-electron chi connectivity index (χ4n) is 0.506. The molecule has 0 aromatic carbocycles. The van der Waals surface area contributed by atoms with Crippen LogP contribution >= 0.6 is 0 Å². The fourth-order valence-corrected chi connectivity index (χ4v) is 0.506. The molecule has 0 unspecified atom stereocenters. The van der Waals surface area contributed by atoms with Gasteiger partial charge in [-0.25, -0.2) is 0 Å². The molecule has 8 heavy (non-hydrogen) atoms. The molecule has 0 saturated carbocycles. The number of hydrogen-bond donors (Lipinski definition) is 0. The minimum absolute atomic E-state index is 1.11. The van der Waals surface area contributed by atoms with Crippen molar-refractivity contribution in [3.05, 3.63) is 24.8 Å². The summed E-state index contributed by atoms with van der Waals surface area (Å²) in [5.74, 6) is 0. The lowest BCUT2D eigenvalue weighted by Gasteiger charge is -1.93. The minimum atomic E-state index is 1.11. The van der Waals surface area contributed by atoms with E-state index >= 15 is 0 Å². The molecule has 0 heteroatoms. The first-order chi connectivity index (χ1) is 3.81. The Bertz CT molecular complexity index is 80.0. The first kappa shape index (κ1) is 7.48. The minimum Gasteiger partial charge on any atom is -0.0988 e. The van der Waals surface area contributed by atoms with E-state index < -0.39 is 0 Å². The Morgan fingerprint density at radius 1 is 1.62 bits per heavy atom. The van der Waals surface area contributed by atoms with E-state index in [2.05, 4.69) is 20.1 Å². The van der Waals surface area contributed by atoms with Crippen LogP contribution in [0.2, 0.25) is 0 Å². The molecular weight excluding hydrogens is 96.1 g/mol. The van der Waals surface area contributed by atoms with Crippen LogP contribution in [-0.2, 0) is 0 Å². The number of hydrogen-bond acceptors (Lipinski definition) is 0. The molecule has 0 aliphatic rings. The van der Waals surface area contributed by atoms with Crippen LogP contribution in [0.1, 0.15) is 26.2 Å². The number of rotatable bonds is 4. The Morgan fingerprint density at radius 3 is 2.62 bits per heavy atom. The molecule has 46 valence electrons. The maximum Gasteiger partial charge on any atom is -0.0285 e. The molecule has 0 aromatic rings. The van der Waals surface area contributed by atoms with Gasteiger partial charge in [0.2, 0.25) is 0 Å². The third-order valence-corrected chi connectivity index (χ3v) is 1.14. The van der Waals surface area contributed by atoms with Crippen LogP contribution in [-0.4, -0.2) is 0 Å². The average Bonchev–Trinajstić information content (AvgIpc) is 1.83. The second kappa shape index (κ2) is 4.63. The van der Waals surface area contributed by atoms with Crippen LogP contribution in [0, 0.1) is 0 Å². The van der Waals surface area contributed by atoms with E-state index in [1.165, 1.54) is 12.8 Å². The third-order valence-electron chi connectivity index (χ3n) is 1.14. The maximum absolute atomic E-state index is 3.79. The molecule has 0 spiro atoms. The standard InChI is InChI=1S/C8H14/c1-4-6-7-8(3)5-2/h5H,2-4,6-7H2,1H3. The predicted molar refractivity (Wildman–Crippen MR) is 38.9 cm³/mol. The van der Waals surface area contributed by atoms with Crippen LogP contribution in [0.3, 0.4) is 0 Å². The quantitative estimate of drug-likeness (QED) is 0.488. The van der Waals surface area contributed by atoms with E-state index in [9.17, 15) is 0 Å². The summed E-state index contributed by atoms with van der Waals surface area (Å²) < 4.78 is 0. The molecule has 0 nitrogen and oxygen atoms in total. The third kappa shape index (κ3) is 3.66. The van der Waals surface area contributed by atoms with Crippen molar-refractivity contribution in [1.82, 2.24) is 0 Å². The summed E-state index contributed by atoms with van der Waals surface area (Å²) in [7, 11) is 0. The van der Waals surface area contributed by atoms with E-state index in [-0.39, 0.29) is 0 Å². The van der Waals surface area contributed by atoms with E-state index in [1.807, 2.05) is 6.08 Å². The van der Waals surface area contributed by atoms with Crippen LogP contribution in [0.4, 0.5) is 0 Å². The molecule has 0 rings (SSSR count). The predicted octanol–water partition coefficient (Wildman–Crippen LogP) is 2.92. The Kier molecular flexibility index (Phi) is 4.33. The van der Waals surface area contributed by atoms with Crippen LogP contribution in [0.5, 0.6) is 0 Å². The van der Waals surface area contributed by atoms with Gasteiger partial charge in [0.15, 0.2) is 0 Å². The van der Waals surface area contributed by atoms with E-state index in [0.717, 1.165) is 12.0 Å². The molecule has 0 saturated heterocycles. The summed E-state index contributed by atoms with van der Waals surface area (Å²) >= 11 is 0. The molecule has 0 aliphatic heterocycles. The van der Waals surface area contributed by atoms with Crippen molar-refractivity contribution in [2.45, 2.75) is 26.2 Å². The Morgan fingerprint density at radius 2 is 2.25 bits per heavy atom. The normalized spacial score (nSPS) is 8.62. The summed E-state index contributed by atoms with van der Waals surface area (Å²) in [4.78, 5) is 0. The Labute approximate surface area is 51.9 Å². The zero-order chi connectivity index (χ0) is 6.41. The molecule has 0 N–H and O–H groups in total. The molecule has 0 atom stereocenters. The number of unbranched alkanes of at least 4 members (excludes halogenated alkanes) is 1. The van der Waals surface area contributed by atoms with Crippen molar-refractivity contribution in [1.29, 1.82) is 0 Å². The van der Waals surface area contributed by atoms with Crippen LogP contribution in [0.15, 0.2) is 24.8 Å². The second-order valence-corrected chi connectivity index (χ2v) is 1.97.